The Hall–Kier alpha value is -3.65. The highest BCUT2D eigenvalue weighted by Crippen LogP contribution is 2.32. The molecule has 0 radical (unpaired) electrons. The van der Waals surface area contributed by atoms with Gasteiger partial charge in [-0.3, -0.25) is 9.36 Å². The fraction of sp³-hybridized carbons (Fsp3) is 0.261. The van der Waals surface area contributed by atoms with Gasteiger partial charge in [-0.15, -0.1) is 0 Å². The first-order valence-electron chi connectivity index (χ1n) is 10.3. The number of carbonyl (C=O) groups excluding carboxylic acids is 1. The average molecular weight is 417 g/mol. The van der Waals surface area contributed by atoms with Gasteiger partial charge in [-0.2, -0.15) is 0 Å². The van der Waals surface area contributed by atoms with Crippen LogP contribution in [0.1, 0.15) is 23.2 Å². The van der Waals surface area contributed by atoms with E-state index in [1.54, 1.807) is 11.7 Å². The Balaban J connectivity index is 1.67. The molecule has 1 atom stereocenters. The number of fused-ring (bicyclic) bond motifs is 2. The number of methoxy groups -OCH3 is 1. The number of para-hydroxylation sites is 2. The molecule has 3 N–H and O–H groups in total. The lowest BCUT2D eigenvalue weighted by atomic mass is 10.2. The third kappa shape index (κ3) is 3.44. The average Bonchev–Trinajstić information content (AvgIpc) is 3.41. The number of rotatable bonds is 5. The van der Waals surface area contributed by atoms with Gasteiger partial charge in [0.15, 0.2) is 5.65 Å². The zero-order chi connectivity index (χ0) is 21.4. The summed E-state index contributed by atoms with van der Waals surface area (Å²) >= 11 is 0. The minimum absolute atomic E-state index is 0.0313. The van der Waals surface area contributed by atoms with Crippen LogP contribution in [0.5, 0.6) is 5.75 Å². The maximum Gasteiger partial charge on any atom is 0.257 e. The summed E-state index contributed by atoms with van der Waals surface area (Å²) in [4.78, 5) is 22.7. The summed E-state index contributed by atoms with van der Waals surface area (Å²) in [6, 6.07) is 15.0. The van der Waals surface area contributed by atoms with Crippen LogP contribution in [0.4, 0.5) is 5.82 Å². The summed E-state index contributed by atoms with van der Waals surface area (Å²) in [7, 11) is 1.60. The van der Waals surface area contributed by atoms with Crippen LogP contribution in [-0.4, -0.2) is 46.8 Å². The van der Waals surface area contributed by atoms with Crippen molar-refractivity contribution < 1.29 is 14.3 Å². The molecule has 2 aromatic heterocycles. The number of anilines is 1. The van der Waals surface area contributed by atoms with Gasteiger partial charge < -0.3 is 20.5 Å². The summed E-state index contributed by atoms with van der Waals surface area (Å²) < 4.78 is 12.7. The van der Waals surface area contributed by atoms with E-state index in [1.807, 2.05) is 48.5 Å². The molecule has 1 saturated heterocycles. The zero-order valence-corrected chi connectivity index (χ0v) is 17.2. The van der Waals surface area contributed by atoms with Crippen molar-refractivity contribution in [2.24, 2.45) is 0 Å². The van der Waals surface area contributed by atoms with Gasteiger partial charge in [0, 0.05) is 19.2 Å². The van der Waals surface area contributed by atoms with Crippen LogP contribution < -0.4 is 15.8 Å². The van der Waals surface area contributed by atoms with Gasteiger partial charge in [0.1, 0.15) is 22.6 Å². The lowest BCUT2D eigenvalue weighted by Crippen LogP contribution is -2.32. The fourth-order valence-electron chi connectivity index (χ4n) is 4.00. The van der Waals surface area contributed by atoms with Gasteiger partial charge in [0.25, 0.3) is 5.91 Å². The summed E-state index contributed by atoms with van der Waals surface area (Å²) in [5, 5.41) is 2.96. The summed E-state index contributed by atoms with van der Waals surface area (Å²) in [5.41, 5.74) is 10.00. The molecule has 5 rings (SSSR count). The number of carbonyl (C=O) groups is 1. The number of hydrogen-bond donors (Lipinski definition) is 2. The first-order valence-corrected chi connectivity index (χ1v) is 10.3. The number of amides is 1. The largest absolute Gasteiger partial charge is 0.497 e. The molecular weight excluding hydrogens is 394 g/mol. The van der Waals surface area contributed by atoms with Crippen molar-refractivity contribution in [3.63, 3.8) is 0 Å². The molecule has 1 aliphatic heterocycles. The summed E-state index contributed by atoms with van der Waals surface area (Å²) in [6.07, 6.45) is 1.98. The second-order valence-electron chi connectivity index (χ2n) is 7.53. The van der Waals surface area contributed by atoms with E-state index in [-0.39, 0.29) is 17.8 Å². The fourth-order valence-corrected chi connectivity index (χ4v) is 4.00. The van der Waals surface area contributed by atoms with E-state index in [0.29, 0.717) is 34.5 Å². The van der Waals surface area contributed by atoms with Crippen molar-refractivity contribution in [1.82, 2.24) is 19.9 Å². The van der Waals surface area contributed by atoms with Crippen molar-refractivity contribution in [3.05, 3.63) is 54.1 Å². The molecule has 1 aliphatic rings. The van der Waals surface area contributed by atoms with Gasteiger partial charge in [-0.1, -0.05) is 18.2 Å². The van der Waals surface area contributed by atoms with Crippen molar-refractivity contribution in [2.45, 2.75) is 18.9 Å². The van der Waals surface area contributed by atoms with E-state index >= 15 is 0 Å². The molecule has 0 saturated carbocycles. The first-order chi connectivity index (χ1) is 15.2. The Kier molecular flexibility index (Phi) is 4.91. The summed E-state index contributed by atoms with van der Waals surface area (Å²) in [5.74, 6) is 0.671. The quantitative estimate of drug-likeness (QED) is 0.517. The molecular formula is C23H23N5O3. The topological polar surface area (TPSA) is 104 Å². The van der Waals surface area contributed by atoms with Crippen molar-refractivity contribution in [2.75, 3.05) is 26.0 Å². The smallest absolute Gasteiger partial charge is 0.257 e. The van der Waals surface area contributed by atoms with E-state index in [9.17, 15) is 4.79 Å². The van der Waals surface area contributed by atoms with E-state index < -0.39 is 0 Å². The van der Waals surface area contributed by atoms with Crippen molar-refractivity contribution in [3.8, 4) is 11.4 Å². The first kappa shape index (κ1) is 19.3. The SMILES string of the molecule is COc1cccc(-n2c(N)c(C(=O)NC[C@@H]3CCCO3)c3nc4ccccc4nc32)c1. The van der Waals surface area contributed by atoms with Gasteiger partial charge >= 0.3 is 0 Å². The van der Waals surface area contributed by atoms with Gasteiger partial charge in [0.05, 0.1) is 29.9 Å². The molecule has 1 amide bonds. The third-order valence-corrected chi connectivity index (χ3v) is 5.55. The van der Waals surface area contributed by atoms with Crippen molar-refractivity contribution >= 4 is 33.9 Å². The minimum Gasteiger partial charge on any atom is -0.497 e. The number of nitrogens with one attached hydrogen (secondary N) is 1. The van der Waals surface area contributed by atoms with Crippen LogP contribution in [0.15, 0.2) is 48.5 Å². The number of hydrogen-bond acceptors (Lipinski definition) is 6. The van der Waals surface area contributed by atoms with Crippen molar-refractivity contribution in [1.29, 1.82) is 0 Å². The lowest BCUT2D eigenvalue weighted by molar-refractivity contribution is 0.0859. The molecule has 4 aromatic rings. The van der Waals surface area contributed by atoms with Crippen LogP contribution in [0.3, 0.4) is 0 Å². The number of nitrogens with two attached hydrogens (primary N) is 1. The Morgan fingerprint density at radius 3 is 2.77 bits per heavy atom. The van der Waals surface area contributed by atoms with Crippen LogP contribution in [0, 0.1) is 0 Å². The predicted molar refractivity (Wildman–Crippen MR) is 119 cm³/mol. The maximum atomic E-state index is 13.2. The lowest BCUT2D eigenvalue weighted by Gasteiger charge is -2.11. The maximum absolute atomic E-state index is 13.2. The molecule has 8 heteroatoms. The second-order valence-corrected chi connectivity index (χ2v) is 7.53. The van der Waals surface area contributed by atoms with Crippen LogP contribution in [0.2, 0.25) is 0 Å². The molecule has 0 bridgehead atoms. The normalized spacial score (nSPS) is 16.1. The Morgan fingerprint density at radius 1 is 1.23 bits per heavy atom. The number of nitrogen functional groups attached to an aromatic ring is 1. The molecule has 31 heavy (non-hydrogen) atoms. The standard InChI is InChI=1S/C23H23N5O3/c1-30-15-7-4-6-14(12-15)28-21(24)19(23(29)25-13-16-8-5-11-31-16)20-22(28)27-18-10-3-2-9-17(18)26-20/h2-4,6-7,9-10,12,16H,5,8,11,13,24H2,1H3,(H,25,29)/t16-/m0/s1. The number of ether oxygens (including phenoxy) is 2. The molecule has 8 nitrogen and oxygen atoms in total. The van der Waals surface area contributed by atoms with Crippen LogP contribution in [-0.2, 0) is 4.74 Å². The van der Waals surface area contributed by atoms with Crippen LogP contribution in [0.25, 0.3) is 27.9 Å². The highest BCUT2D eigenvalue weighted by molar-refractivity contribution is 6.11. The number of benzene rings is 2. The molecule has 2 aromatic carbocycles. The minimum atomic E-state index is -0.288. The molecule has 0 spiro atoms. The van der Waals surface area contributed by atoms with Gasteiger partial charge in [-0.25, -0.2) is 9.97 Å². The highest BCUT2D eigenvalue weighted by Gasteiger charge is 2.26. The molecule has 1 fully saturated rings. The van der Waals surface area contributed by atoms with Gasteiger partial charge in [-0.05, 0) is 37.1 Å². The zero-order valence-electron chi connectivity index (χ0n) is 17.2. The third-order valence-electron chi connectivity index (χ3n) is 5.55. The van der Waals surface area contributed by atoms with E-state index in [4.69, 9.17) is 25.2 Å². The Bertz CT molecular complexity index is 1280. The Labute approximate surface area is 179 Å². The van der Waals surface area contributed by atoms with Gasteiger partial charge in [0.2, 0.25) is 0 Å². The molecule has 158 valence electrons. The highest BCUT2D eigenvalue weighted by atomic mass is 16.5. The predicted octanol–water partition coefficient (Wildman–Crippen LogP) is 3.07. The second kappa shape index (κ2) is 7.88. The van der Waals surface area contributed by atoms with Crippen LogP contribution >= 0.6 is 0 Å². The Morgan fingerprint density at radius 2 is 2.03 bits per heavy atom. The number of nitrogens with zero attached hydrogens (tertiary/aromatic N) is 3. The van der Waals surface area contributed by atoms with E-state index in [1.165, 1.54) is 0 Å². The number of aromatic nitrogens is 3. The van der Waals surface area contributed by atoms with E-state index in [0.717, 1.165) is 30.7 Å². The van der Waals surface area contributed by atoms with E-state index in [2.05, 4.69) is 5.32 Å². The molecule has 3 heterocycles. The molecule has 0 aliphatic carbocycles. The summed E-state index contributed by atoms with van der Waals surface area (Å²) in [6.45, 7) is 1.17. The monoisotopic (exact) mass is 417 g/mol. The molecule has 0 unspecified atom stereocenters.